The lowest BCUT2D eigenvalue weighted by atomic mass is 10.1. The fourth-order valence-corrected chi connectivity index (χ4v) is 4.93. The Bertz CT molecular complexity index is 243. The van der Waals surface area contributed by atoms with E-state index in [0.29, 0.717) is 32.3 Å². The van der Waals surface area contributed by atoms with Crippen LogP contribution in [0.3, 0.4) is 0 Å². The molecule has 0 saturated heterocycles. The molecular weight excluding hydrogens is 292 g/mol. The first-order chi connectivity index (χ1) is 9.94. The molecule has 128 valence electrons. The van der Waals surface area contributed by atoms with E-state index in [4.69, 9.17) is 27.5 Å². The second-order valence-corrected chi connectivity index (χ2v) is 7.43. The van der Waals surface area contributed by atoms with Gasteiger partial charge in [0.2, 0.25) is 0 Å². The van der Waals surface area contributed by atoms with E-state index in [0.717, 1.165) is 0 Å². The van der Waals surface area contributed by atoms with Crippen molar-refractivity contribution >= 4 is 8.80 Å². The number of methoxy groups -OCH3 is 3. The van der Waals surface area contributed by atoms with Crippen LogP contribution in [0.4, 0.5) is 0 Å². The summed E-state index contributed by atoms with van der Waals surface area (Å²) >= 11 is 0. The Morgan fingerprint density at radius 3 is 1.57 bits per heavy atom. The lowest BCUT2D eigenvalue weighted by Crippen LogP contribution is -2.50. The van der Waals surface area contributed by atoms with E-state index in [1.54, 1.807) is 21.3 Å². The lowest BCUT2D eigenvalue weighted by Gasteiger charge is -2.34. The van der Waals surface area contributed by atoms with Crippen LogP contribution in [-0.2, 0) is 27.5 Å². The third-order valence-corrected chi connectivity index (χ3v) is 6.51. The van der Waals surface area contributed by atoms with Crippen molar-refractivity contribution in [2.24, 2.45) is 0 Å². The van der Waals surface area contributed by atoms with Gasteiger partial charge >= 0.3 is 8.80 Å². The van der Waals surface area contributed by atoms with Gasteiger partial charge in [0.15, 0.2) is 5.79 Å². The van der Waals surface area contributed by atoms with Crippen LogP contribution in [0.1, 0.15) is 34.1 Å². The van der Waals surface area contributed by atoms with E-state index in [2.05, 4.69) is 0 Å². The molecule has 0 heterocycles. The Kier molecular flexibility index (Phi) is 10.6. The van der Waals surface area contributed by atoms with Crippen molar-refractivity contribution in [1.82, 2.24) is 0 Å². The van der Waals surface area contributed by atoms with E-state index in [1.807, 2.05) is 27.7 Å². The summed E-state index contributed by atoms with van der Waals surface area (Å²) in [6.07, 6.45) is 0.435. The minimum atomic E-state index is -2.74. The Morgan fingerprint density at radius 2 is 1.29 bits per heavy atom. The zero-order valence-corrected chi connectivity index (χ0v) is 15.6. The van der Waals surface area contributed by atoms with E-state index < -0.39 is 14.6 Å². The Morgan fingerprint density at radius 1 is 0.857 bits per heavy atom. The molecule has 0 aromatic heterocycles. The summed E-state index contributed by atoms with van der Waals surface area (Å²) < 4.78 is 34.0. The van der Waals surface area contributed by atoms with Gasteiger partial charge in [-0.2, -0.15) is 0 Å². The largest absolute Gasteiger partial charge is 0.503 e. The van der Waals surface area contributed by atoms with Crippen molar-refractivity contribution in [1.29, 1.82) is 0 Å². The Balaban J connectivity index is 4.98. The molecule has 21 heavy (non-hydrogen) atoms. The summed E-state index contributed by atoms with van der Waals surface area (Å²) in [4.78, 5) is 0. The quantitative estimate of drug-likeness (QED) is 0.383. The molecule has 0 fully saturated rings. The maximum Gasteiger partial charge on any atom is 0.503 e. The third kappa shape index (κ3) is 7.18. The standard InChI is InChI=1S/C14H32O6Si/c1-8-18-21(19-9-2,20-10-3)12-13(15-5)11-14(4,16-6)17-7/h13H,8-12H2,1-7H3. The van der Waals surface area contributed by atoms with Crippen molar-refractivity contribution in [3.05, 3.63) is 0 Å². The fourth-order valence-electron chi connectivity index (χ4n) is 2.14. The van der Waals surface area contributed by atoms with Crippen LogP contribution in [0.25, 0.3) is 0 Å². The SMILES string of the molecule is CCO[Si](CC(CC(C)(OC)OC)OC)(OCC)OCC. The molecule has 0 aromatic carbocycles. The van der Waals surface area contributed by atoms with E-state index in [1.165, 1.54) is 0 Å². The molecule has 0 aromatic rings. The molecule has 1 atom stereocenters. The number of ether oxygens (including phenoxy) is 3. The highest BCUT2D eigenvalue weighted by Gasteiger charge is 2.44. The number of hydrogen-bond acceptors (Lipinski definition) is 6. The van der Waals surface area contributed by atoms with E-state index >= 15 is 0 Å². The van der Waals surface area contributed by atoms with Gasteiger partial charge in [-0.1, -0.05) is 0 Å². The molecule has 0 rings (SSSR count). The van der Waals surface area contributed by atoms with Crippen LogP contribution in [0.5, 0.6) is 0 Å². The smallest absolute Gasteiger partial charge is 0.381 e. The second-order valence-electron chi connectivity index (χ2n) is 4.79. The van der Waals surface area contributed by atoms with Crippen molar-refractivity contribution < 1.29 is 27.5 Å². The maximum absolute atomic E-state index is 5.86. The predicted octanol–water partition coefficient (Wildman–Crippen LogP) is 2.45. The minimum absolute atomic E-state index is 0.133. The molecule has 0 aliphatic heterocycles. The van der Waals surface area contributed by atoms with Crippen LogP contribution in [0.2, 0.25) is 6.04 Å². The monoisotopic (exact) mass is 324 g/mol. The molecule has 7 heteroatoms. The van der Waals surface area contributed by atoms with Crippen LogP contribution >= 0.6 is 0 Å². The van der Waals surface area contributed by atoms with Gasteiger partial charge in [-0.15, -0.1) is 0 Å². The van der Waals surface area contributed by atoms with Crippen molar-refractivity contribution in [2.75, 3.05) is 41.2 Å². The highest BCUT2D eigenvalue weighted by atomic mass is 28.4. The summed E-state index contributed by atoms with van der Waals surface area (Å²) in [5.41, 5.74) is 0. The average molecular weight is 324 g/mol. The van der Waals surface area contributed by atoms with Gasteiger partial charge in [0.1, 0.15) is 0 Å². The molecule has 0 aliphatic rings. The topological polar surface area (TPSA) is 55.4 Å². The van der Waals surface area contributed by atoms with Gasteiger partial charge in [0.05, 0.1) is 6.10 Å². The zero-order chi connectivity index (χ0) is 16.4. The summed E-state index contributed by atoms with van der Waals surface area (Å²) in [5, 5.41) is 0. The summed E-state index contributed by atoms with van der Waals surface area (Å²) in [6.45, 7) is 9.35. The van der Waals surface area contributed by atoms with Gasteiger partial charge in [0.25, 0.3) is 0 Å². The highest BCUT2D eigenvalue weighted by Crippen LogP contribution is 2.27. The molecule has 1 unspecified atom stereocenters. The summed E-state index contributed by atoms with van der Waals surface area (Å²) in [5.74, 6) is -0.703. The maximum atomic E-state index is 5.86. The second kappa shape index (κ2) is 10.7. The molecule has 0 aliphatic carbocycles. The molecule has 0 bridgehead atoms. The molecule has 0 amide bonds. The van der Waals surface area contributed by atoms with Gasteiger partial charge in [-0.25, -0.2) is 0 Å². The van der Waals surface area contributed by atoms with Gasteiger partial charge < -0.3 is 27.5 Å². The molecule has 0 N–H and O–H groups in total. The van der Waals surface area contributed by atoms with Crippen LogP contribution in [0, 0.1) is 0 Å². The third-order valence-electron chi connectivity index (χ3n) is 3.37. The first-order valence-electron chi connectivity index (χ1n) is 7.49. The molecular formula is C14H32O6Si. The number of hydrogen-bond donors (Lipinski definition) is 0. The summed E-state index contributed by atoms with van der Waals surface area (Å²) in [7, 11) is 2.16. The Hall–Kier alpha value is -0.0231. The van der Waals surface area contributed by atoms with Crippen LogP contribution < -0.4 is 0 Å². The van der Waals surface area contributed by atoms with Crippen LogP contribution in [0.15, 0.2) is 0 Å². The van der Waals surface area contributed by atoms with Crippen molar-refractivity contribution in [3.8, 4) is 0 Å². The molecule has 6 nitrogen and oxygen atoms in total. The highest BCUT2D eigenvalue weighted by molar-refractivity contribution is 6.60. The van der Waals surface area contributed by atoms with E-state index in [9.17, 15) is 0 Å². The normalized spacial score (nSPS) is 14.4. The lowest BCUT2D eigenvalue weighted by molar-refractivity contribution is -0.210. The first-order valence-corrected chi connectivity index (χ1v) is 9.42. The molecule has 0 saturated carbocycles. The summed E-state index contributed by atoms with van der Waals surface area (Å²) in [6, 6.07) is 0.571. The molecule has 0 radical (unpaired) electrons. The molecule has 0 spiro atoms. The van der Waals surface area contributed by atoms with E-state index in [-0.39, 0.29) is 6.10 Å². The van der Waals surface area contributed by atoms with Crippen molar-refractivity contribution in [3.63, 3.8) is 0 Å². The number of rotatable bonds is 13. The van der Waals surface area contributed by atoms with Gasteiger partial charge in [-0.05, 0) is 27.7 Å². The zero-order valence-electron chi connectivity index (χ0n) is 14.6. The fraction of sp³-hybridized carbons (Fsp3) is 1.00. The van der Waals surface area contributed by atoms with Gasteiger partial charge in [0, 0.05) is 53.6 Å². The van der Waals surface area contributed by atoms with Gasteiger partial charge in [-0.3, -0.25) is 0 Å². The minimum Gasteiger partial charge on any atom is -0.381 e. The van der Waals surface area contributed by atoms with Crippen molar-refractivity contribution in [2.45, 2.75) is 52.1 Å². The first kappa shape index (κ1) is 21.0. The predicted molar refractivity (Wildman–Crippen MR) is 83.3 cm³/mol. The van der Waals surface area contributed by atoms with Crippen LogP contribution in [-0.4, -0.2) is 61.8 Å². The Labute approximate surface area is 130 Å². The average Bonchev–Trinajstić information content (AvgIpc) is 2.47.